The molecule has 1 saturated heterocycles. The van der Waals surface area contributed by atoms with Crippen molar-refractivity contribution < 1.29 is 14.4 Å². The fourth-order valence-corrected chi connectivity index (χ4v) is 4.28. The van der Waals surface area contributed by atoms with Crippen molar-refractivity contribution >= 4 is 17.8 Å². The predicted octanol–water partition coefficient (Wildman–Crippen LogP) is 2.79. The first-order chi connectivity index (χ1) is 14.5. The van der Waals surface area contributed by atoms with E-state index >= 15 is 0 Å². The standard InChI is InChI=1S/C23H26N4O3/c1-16-10-12-23(13-11-16)21(29)27(22(30)26-23)15-19(28)25-20(17-7-3-2-4-8-17)18-9-5-6-14-24-18/h2-9,14,16,20H,10-13,15H2,1H3,(H,25,28)(H,26,30). The summed E-state index contributed by atoms with van der Waals surface area (Å²) in [6.07, 6.45) is 4.70. The summed E-state index contributed by atoms with van der Waals surface area (Å²) in [4.78, 5) is 43.8. The van der Waals surface area contributed by atoms with Gasteiger partial charge in [-0.3, -0.25) is 19.5 Å². The molecule has 1 aliphatic carbocycles. The van der Waals surface area contributed by atoms with E-state index in [9.17, 15) is 14.4 Å². The van der Waals surface area contributed by atoms with Gasteiger partial charge in [-0.1, -0.05) is 43.3 Å². The molecule has 0 radical (unpaired) electrons. The van der Waals surface area contributed by atoms with Crippen LogP contribution < -0.4 is 10.6 Å². The van der Waals surface area contributed by atoms with Crippen molar-refractivity contribution in [3.63, 3.8) is 0 Å². The molecule has 2 heterocycles. The third-order valence-corrected chi connectivity index (χ3v) is 6.10. The van der Waals surface area contributed by atoms with Crippen LogP contribution in [0.4, 0.5) is 4.79 Å². The minimum Gasteiger partial charge on any atom is -0.342 e. The van der Waals surface area contributed by atoms with E-state index in [1.165, 1.54) is 0 Å². The zero-order valence-electron chi connectivity index (χ0n) is 17.0. The zero-order valence-corrected chi connectivity index (χ0v) is 17.0. The first-order valence-electron chi connectivity index (χ1n) is 10.4. The van der Waals surface area contributed by atoms with Gasteiger partial charge in [-0.05, 0) is 49.3 Å². The quantitative estimate of drug-likeness (QED) is 0.747. The van der Waals surface area contributed by atoms with Gasteiger partial charge in [0.25, 0.3) is 5.91 Å². The van der Waals surface area contributed by atoms with Crippen molar-refractivity contribution in [1.82, 2.24) is 20.5 Å². The van der Waals surface area contributed by atoms with Gasteiger partial charge in [0, 0.05) is 6.20 Å². The molecule has 1 unspecified atom stereocenters. The first-order valence-corrected chi connectivity index (χ1v) is 10.4. The number of nitrogens with zero attached hydrogens (tertiary/aromatic N) is 2. The second-order valence-electron chi connectivity index (χ2n) is 8.25. The minimum absolute atomic E-state index is 0.288. The highest BCUT2D eigenvalue weighted by Gasteiger charge is 2.52. The first kappa shape index (κ1) is 20.1. The second-order valence-corrected chi connectivity index (χ2v) is 8.25. The lowest BCUT2D eigenvalue weighted by Crippen LogP contribution is -2.50. The second kappa shape index (κ2) is 8.26. The molecule has 1 spiro atoms. The molecule has 2 aliphatic rings. The van der Waals surface area contributed by atoms with Crippen molar-refractivity contribution in [2.45, 2.75) is 44.2 Å². The Bertz CT molecular complexity index is 884. The molecule has 2 aromatic rings. The Kier molecular flexibility index (Phi) is 5.53. The Morgan fingerprint density at radius 3 is 2.53 bits per heavy atom. The summed E-state index contributed by atoms with van der Waals surface area (Å²) in [6.45, 7) is 1.85. The molecule has 1 atom stereocenters. The molecule has 2 fully saturated rings. The number of benzene rings is 1. The third kappa shape index (κ3) is 3.92. The summed E-state index contributed by atoms with van der Waals surface area (Å²) in [5.41, 5.74) is 0.718. The molecule has 1 aliphatic heterocycles. The van der Waals surface area contributed by atoms with Crippen LogP contribution in [0.3, 0.4) is 0 Å². The van der Waals surface area contributed by atoms with E-state index in [0.717, 1.165) is 23.3 Å². The predicted molar refractivity (Wildman–Crippen MR) is 111 cm³/mol. The van der Waals surface area contributed by atoms with Crippen LogP contribution in [0.25, 0.3) is 0 Å². The molecule has 2 N–H and O–H groups in total. The van der Waals surface area contributed by atoms with Crippen LogP contribution in [-0.2, 0) is 9.59 Å². The van der Waals surface area contributed by atoms with Crippen LogP contribution >= 0.6 is 0 Å². The monoisotopic (exact) mass is 406 g/mol. The van der Waals surface area contributed by atoms with Gasteiger partial charge >= 0.3 is 6.03 Å². The average Bonchev–Trinajstić information content (AvgIpc) is 2.99. The van der Waals surface area contributed by atoms with Crippen LogP contribution in [-0.4, -0.2) is 39.8 Å². The summed E-state index contributed by atoms with van der Waals surface area (Å²) in [5.74, 6) is -0.148. The molecule has 7 nitrogen and oxygen atoms in total. The van der Waals surface area contributed by atoms with Gasteiger partial charge in [0.15, 0.2) is 0 Å². The number of hydrogen-bond acceptors (Lipinski definition) is 4. The molecule has 0 bridgehead atoms. The number of hydrogen-bond donors (Lipinski definition) is 2. The van der Waals surface area contributed by atoms with Gasteiger partial charge in [-0.2, -0.15) is 0 Å². The number of imide groups is 1. The Morgan fingerprint density at radius 2 is 1.87 bits per heavy atom. The molecule has 7 heteroatoms. The van der Waals surface area contributed by atoms with Crippen LogP contribution in [0.1, 0.15) is 49.9 Å². The summed E-state index contributed by atoms with van der Waals surface area (Å²) in [5, 5.41) is 5.80. The van der Waals surface area contributed by atoms with Crippen LogP contribution in [0.5, 0.6) is 0 Å². The number of rotatable bonds is 5. The minimum atomic E-state index is -0.844. The molecular weight excluding hydrogens is 380 g/mol. The van der Waals surface area contributed by atoms with Crippen molar-refractivity contribution in [3.05, 3.63) is 66.0 Å². The van der Waals surface area contributed by atoms with Gasteiger partial charge < -0.3 is 10.6 Å². The highest BCUT2D eigenvalue weighted by molar-refractivity contribution is 6.09. The van der Waals surface area contributed by atoms with Gasteiger partial charge in [0.1, 0.15) is 12.1 Å². The molecule has 1 saturated carbocycles. The van der Waals surface area contributed by atoms with Crippen LogP contribution in [0.2, 0.25) is 0 Å². The van der Waals surface area contributed by atoms with E-state index < -0.39 is 23.5 Å². The van der Waals surface area contributed by atoms with E-state index in [4.69, 9.17) is 0 Å². The van der Waals surface area contributed by atoms with E-state index in [1.807, 2.05) is 48.5 Å². The summed E-state index contributed by atoms with van der Waals surface area (Å²) < 4.78 is 0. The molecule has 156 valence electrons. The Labute approximate surface area is 175 Å². The molecule has 30 heavy (non-hydrogen) atoms. The normalized spacial score (nSPS) is 24.6. The number of pyridine rings is 1. The van der Waals surface area contributed by atoms with Gasteiger partial charge in [-0.15, -0.1) is 0 Å². The lowest BCUT2D eigenvalue weighted by atomic mass is 9.77. The van der Waals surface area contributed by atoms with Crippen molar-refractivity contribution in [3.8, 4) is 0 Å². The summed E-state index contributed by atoms with van der Waals surface area (Å²) in [6, 6.07) is 14.1. The lowest BCUT2D eigenvalue weighted by Gasteiger charge is -2.33. The topological polar surface area (TPSA) is 91.4 Å². The molecule has 4 amide bonds. The molecule has 1 aromatic carbocycles. The molecule has 4 rings (SSSR count). The Morgan fingerprint density at radius 1 is 1.17 bits per heavy atom. The van der Waals surface area contributed by atoms with Gasteiger partial charge in [0.05, 0.1) is 11.7 Å². The van der Waals surface area contributed by atoms with E-state index in [0.29, 0.717) is 24.5 Å². The number of aromatic nitrogens is 1. The van der Waals surface area contributed by atoms with E-state index in [-0.39, 0.29) is 12.5 Å². The summed E-state index contributed by atoms with van der Waals surface area (Å²) in [7, 11) is 0. The maximum atomic E-state index is 13.0. The Balaban J connectivity index is 1.49. The highest BCUT2D eigenvalue weighted by atomic mass is 16.2. The number of nitrogens with one attached hydrogen (secondary N) is 2. The third-order valence-electron chi connectivity index (χ3n) is 6.10. The van der Waals surface area contributed by atoms with E-state index in [1.54, 1.807) is 6.20 Å². The maximum absolute atomic E-state index is 13.0. The Hall–Kier alpha value is -3.22. The van der Waals surface area contributed by atoms with E-state index in [2.05, 4.69) is 22.5 Å². The largest absolute Gasteiger partial charge is 0.342 e. The van der Waals surface area contributed by atoms with Crippen LogP contribution in [0, 0.1) is 5.92 Å². The highest BCUT2D eigenvalue weighted by Crippen LogP contribution is 2.36. The lowest BCUT2D eigenvalue weighted by molar-refractivity contribution is -0.136. The fraction of sp³-hybridized carbons (Fsp3) is 0.391. The maximum Gasteiger partial charge on any atom is 0.325 e. The smallest absolute Gasteiger partial charge is 0.325 e. The number of urea groups is 1. The molecule has 1 aromatic heterocycles. The van der Waals surface area contributed by atoms with Crippen molar-refractivity contribution in [2.24, 2.45) is 5.92 Å². The average molecular weight is 406 g/mol. The van der Waals surface area contributed by atoms with Gasteiger partial charge in [0.2, 0.25) is 5.91 Å². The van der Waals surface area contributed by atoms with Gasteiger partial charge in [-0.25, -0.2) is 4.79 Å². The fourth-order valence-electron chi connectivity index (χ4n) is 4.28. The molecular formula is C23H26N4O3. The number of carbonyl (C=O) groups excluding carboxylic acids is 3. The van der Waals surface area contributed by atoms with Crippen molar-refractivity contribution in [1.29, 1.82) is 0 Å². The number of amides is 4. The zero-order chi connectivity index (χ0) is 21.1. The van der Waals surface area contributed by atoms with Crippen LogP contribution in [0.15, 0.2) is 54.7 Å². The summed E-state index contributed by atoms with van der Waals surface area (Å²) >= 11 is 0. The SMILES string of the molecule is CC1CCC2(CC1)NC(=O)N(CC(=O)NC(c1ccccc1)c1ccccn1)C2=O. The number of carbonyl (C=O) groups is 3. The van der Waals surface area contributed by atoms with Crippen molar-refractivity contribution in [2.75, 3.05) is 6.54 Å².